The molecule has 1 aliphatic heterocycles. The van der Waals surface area contributed by atoms with E-state index in [9.17, 15) is 4.79 Å². The van der Waals surface area contributed by atoms with Crippen LogP contribution in [0.2, 0.25) is 0 Å². The maximum Gasteiger partial charge on any atom is 0.248 e. The average Bonchev–Trinajstić information content (AvgIpc) is 2.72. The van der Waals surface area contributed by atoms with Crippen molar-refractivity contribution in [3.63, 3.8) is 0 Å². The molecule has 0 aromatic heterocycles. The molecule has 1 fully saturated rings. The highest BCUT2D eigenvalue weighted by molar-refractivity contribution is 5.77. The third-order valence-electron chi connectivity index (χ3n) is 3.52. The van der Waals surface area contributed by atoms with Gasteiger partial charge in [-0.3, -0.25) is 4.79 Å². The van der Waals surface area contributed by atoms with E-state index in [-0.39, 0.29) is 17.9 Å². The molecule has 0 aliphatic carbocycles. The molecule has 17 heavy (non-hydrogen) atoms. The van der Waals surface area contributed by atoms with Gasteiger partial charge in [0.1, 0.15) is 6.61 Å². The van der Waals surface area contributed by atoms with Crippen molar-refractivity contribution < 1.29 is 9.53 Å². The fourth-order valence-electron chi connectivity index (χ4n) is 2.11. The van der Waals surface area contributed by atoms with Gasteiger partial charge in [0.15, 0.2) is 0 Å². The number of hydrogen-bond acceptors (Lipinski definition) is 3. The number of unbranched alkanes of at least 4 members (excludes halogenated alkanes) is 2. The van der Waals surface area contributed by atoms with E-state index < -0.39 is 0 Å². The van der Waals surface area contributed by atoms with Gasteiger partial charge in [0.05, 0.1) is 0 Å². The fourth-order valence-corrected chi connectivity index (χ4v) is 2.11. The summed E-state index contributed by atoms with van der Waals surface area (Å²) in [6.45, 7) is 7.47. The van der Waals surface area contributed by atoms with E-state index in [1.54, 1.807) is 0 Å². The van der Waals surface area contributed by atoms with Gasteiger partial charge in [0, 0.05) is 19.7 Å². The topological polar surface area (TPSA) is 55.6 Å². The van der Waals surface area contributed by atoms with Crippen LogP contribution in [0.25, 0.3) is 0 Å². The van der Waals surface area contributed by atoms with Crippen molar-refractivity contribution in [3.05, 3.63) is 0 Å². The van der Waals surface area contributed by atoms with Gasteiger partial charge in [-0.25, -0.2) is 0 Å². The number of likely N-dealkylation sites (tertiary alicyclic amines) is 1. The molecule has 1 atom stereocenters. The number of amides is 1. The summed E-state index contributed by atoms with van der Waals surface area (Å²) in [5, 5.41) is 0. The van der Waals surface area contributed by atoms with Gasteiger partial charge in [-0.2, -0.15) is 0 Å². The normalized spacial score (nSPS) is 24.3. The van der Waals surface area contributed by atoms with Crippen LogP contribution in [-0.2, 0) is 9.53 Å². The van der Waals surface area contributed by atoms with Gasteiger partial charge in [-0.1, -0.05) is 26.7 Å². The highest BCUT2D eigenvalue weighted by Gasteiger charge is 2.34. The molecular formula is C13H26N2O2. The van der Waals surface area contributed by atoms with Crippen LogP contribution in [0, 0.1) is 5.41 Å². The van der Waals surface area contributed by atoms with E-state index in [1.807, 2.05) is 4.90 Å². The first-order valence-electron chi connectivity index (χ1n) is 6.67. The van der Waals surface area contributed by atoms with Gasteiger partial charge < -0.3 is 15.4 Å². The summed E-state index contributed by atoms with van der Waals surface area (Å²) in [5.74, 6) is 0.110. The Morgan fingerprint density at radius 2 is 2.24 bits per heavy atom. The molecular weight excluding hydrogens is 216 g/mol. The molecule has 1 saturated heterocycles. The first kappa shape index (κ1) is 14.5. The first-order valence-corrected chi connectivity index (χ1v) is 6.67. The Balaban J connectivity index is 2.17. The Hall–Kier alpha value is -0.610. The molecule has 0 bridgehead atoms. The summed E-state index contributed by atoms with van der Waals surface area (Å²) < 4.78 is 5.39. The molecule has 4 nitrogen and oxygen atoms in total. The number of carbonyl (C=O) groups excluding carboxylic acids is 1. The predicted molar refractivity (Wildman–Crippen MR) is 68.7 cm³/mol. The molecule has 1 heterocycles. The van der Waals surface area contributed by atoms with Gasteiger partial charge >= 0.3 is 0 Å². The van der Waals surface area contributed by atoms with Crippen molar-refractivity contribution in [1.82, 2.24) is 4.90 Å². The standard InChI is InChI=1S/C13H26N2O2/c1-3-4-5-8-17-9-12(16)15-7-6-13(2,10-14)11-15/h3-11,14H2,1-2H3. The lowest BCUT2D eigenvalue weighted by atomic mass is 9.90. The Labute approximate surface area is 104 Å². The number of nitrogens with zero attached hydrogens (tertiary/aromatic N) is 1. The number of hydrogen-bond donors (Lipinski definition) is 1. The third-order valence-corrected chi connectivity index (χ3v) is 3.52. The van der Waals surface area contributed by atoms with Crippen molar-refractivity contribution >= 4 is 5.91 Å². The smallest absolute Gasteiger partial charge is 0.248 e. The molecule has 0 saturated carbocycles. The lowest BCUT2D eigenvalue weighted by Gasteiger charge is -2.22. The molecule has 1 rings (SSSR count). The van der Waals surface area contributed by atoms with Gasteiger partial charge in [0.25, 0.3) is 0 Å². The van der Waals surface area contributed by atoms with E-state index in [0.717, 1.165) is 25.9 Å². The van der Waals surface area contributed by atoms with Crippen molar-refractivity contribution in [1.29, 1.82) is 0 Å². The minimum Gasteiger partial charge on any atom is -0.372 e. The molecule has 0 aromatic rings. The Morgan fingerprint density at radius 1 is 1.47 bits per heavy atom. The number of carbonyl (C=O) groups is 1. The van der Waals surface area contributed by atoms with Gasteiger partial charge in [0.2, 0.25) is 5.91 Å². The summed E-state index contributed by atoms with van der Waals surface area (Å²) in [6, 6.07) is 0. The van der Waals surface area contributed by atoms with Crippen LogP contribution in [-0.4, -0.2) is 43.7 Å². The predicted octanol–water partition coefficient (Wildman–Crippen LogP) is 1.39. The van der Waals surface area contributed by atoms with Crippen molar-refractivity contribution in [2.24, 2.45) is 11.1 Å². The monoisotopic (exact) mass is 242 g/mol. The van der Waals surface area contributed by atoms with Crippen molar-refractivity contribution in [2.45, 2.75) is 39.5 Å². The van der Waals surface area contributed by atoms with Crippen LogP contribution in [0.5, 0.6) is 0 Å². The molecule has 1 amide bonds. The summed E-state index contributed by atoms with van der Waals surface area (Å²) in [7, 11) is 0. The number of nitrogens with two attached hydrogens (primary N) is 1. The maximum absolute atomic E-state index is 11.8. The van der Waals surface area contributed by atoms with Crippen LogP contribution in [0.4, 0.5) is 0 Å². The van der Waals surface area contributed by atoms with E-state index in [2.05, 4.69) is 13.8 Å². The van der Waals surface area contributed by atoms with Crippen LogP contribution in [0.1, 0.15) is 39.5 Å². The van der Waals surface area contributed by atoms with E-state index >= 15 is 0 Å². The largest absolute Gasteiger partial charge is 0.372 e. The zero-order valence-electron chi connectivity index (χ0n) is 11.2. The highest BCUT2D eigenvalue weighted by Crippen LogP contribution is 2.28. The fraction of sp³-hybridized carbons (Fsp3) is 0.923. The molecule has 100 valence electrons. The quantitative estimate of drug-likeness (QED) is 0.686. The second kappa shape index (κ2) is 6.97. The van der Waals surface area contributed by atoms with Crippen LogP contribution in [0.3, 0.4) is 0 Å². The zero-order valence-corrected chi connectivity index (χ0v) is 11.2. The Bertz CT molecular complexity index is 246. The zero-order chi connectivity index (χ0) is 12.7. The molecule has 1 unspecified atom stereocenters. The maximum atomic E-state index is 11.8. The second-order valence-electron chi connectivity index (χ2n) is 5.34. The Kier molecular flexibility index (Phi) is 5.92. The number of ether oxygens (including phenoxy) is 1. The Morgan fingerprint density at radius 3 is 2.82 bits per heavy atom. The van der Waals surface area contributed by atoms with Crippen LogP contribution < -0.4 is 5.73 Å². The van der Waals surface area contributed by atoms with E-state index in [4.69, 9.17) is 10.5 Å². The molecule has 4 heteroatoms. The minimum absolute atomic E-state index is 0.109. The van der Waals surface area contributed by atoms with E-state index in [0.29, 0.717) is 13.2 Å². The lowest BCUT2D eigenvalue weighted by molar-refractivity contribution is -0.135. The van der Waals surface area contributed by atoms with E-state index in [1.165, 1.54) is 12.8 Å². The molecule has 2 N–H and O–H groups in total. The molecule has 0 aromatic carbocycles. The highest BCUT2D eigenvalue weighted by atomic mass is 16.5. The van der Waals surface area contributed by atoms with Crippen molar-refractivity contribution in [3.8, 4) is 0 Å². The van der Waals surface area contributed by atoms with Crippen LogP contribution in [0.15, 0.2) is 0 Å². The van der Waals surface area contributed by atoms with Crippen molar-refractivity contribution in [2.75, 3.05) is 32.8 Å². The van der Waals surface area contributed by atoms with Gasteiger partial charge in [-0.05, 0) is 24.8 Å². The summed E-state index contributed by atoms with van der Waals surface area (Å²) in [5.41, 5.74) is 5.83. The molecule has 0 radical (unpaired) electrons. The second-order valence-corrected chi connectivity index (χ2v) is 5.34. The molecule has 1 aliphatic rings. The average molecular weight is 242 g/mol. The third kappa shape index (κ3) is 4.64. The first-order chi connectivity index (χ1) is 8.11. The lowest BCUT2D eigenvalue weighted by Crippen LogP contribution is -2.36. The summed E-state index contributed by atoms with van der Waals surface area (Å²) >= 11 is 0. The number of rotatable bonds is 7. The minimum atomic E-state index is 0.109. The summed E-state index contributed by atoms with van der Waals surface area (Å²) in [6.07, 6.45) is 4.40. The summed E-state index contributed by atoms with van der Waals surface area (Å²) in [4.78, 5) is 13.7. The SMILES string of the molecule is CCCCCOCC(=O)N1CCC(C)(CN)C1. The van der Waals surface area contributed by atoms with Gasteiger partial charge in [-0.15, -0.1) is 0 Å². The molecule has 0 spiro atoms. The van der Waals surface area contributed by atoms with Crippen LogP contribution >= 0.6 is 0 Å².